The standard InChI is InChI=1S/2C18H26.C18H16.4C5H10.2C5H12.2C3H6Cl2.2CH3/c3*1-2-7-15(6-1)12-17-10-5-11-18(14-17)13-16-8-3-4-9-16;4*1-2-4-5-3-1;2*1-5(2,3)4;2*1-3(2,4)5;;/h2*5,10-11,14-16H,1-4,6-9,12-13H2;1-11,14H,12-13H2;4*1-5H2;2*1-4H3;2*1-2H3;2*1H3/q;;-2;;;;;;;;;2*+1. The predicted molar refractivity (Wildman–Crippen MR) is 439 cm³/mol. The average molecular weight is 1400 g/mol. The molecule has 8 aliphatic carbocycles. The van der Waals surface area contributed by atoms with Crippen LogP contribution in [0.15, 0.2) is 121 Å². The SMILES string of the molecule is C1CCCC1.C1CCCC1.C1CCCC1.C1CCCC1.CC(C)(C)C.CC(C)(C)C.CC(C)(Cl)Cl.CC(C)(Cl)Cl.[CH3+].[CH3+].c1cc(CC2CCCC2)cc(CC2CCCC2)c1.c1cc(CC2CCCC2)cc(CC2CCCC2)c1.c1cc(Cc2ccc[cH-]2)cc(Cc2ccc[cH-]2)c1. The molecular formula is C92H150Cl4. The third kappa shape index (κ3) is 58.0. The van der Waals surface area contributed by atoms with Crippen LogP contribution in [0.4, 0.5) is 0 Å². The van der Waals surface area contributed by atoms with Crippen molar-refractivity contribution in [2.75, 3.05) is 0 Å². The summed E-state index contributed by atoms with van der Waals surface area (Å²) < 4.78 is -1.11. The summed E-state index contributed by atoms with van der Waals surface area (Å²) in [6, 6.07) is 45.0. The van der Waals surface area contributed by atoms with Crippen LogP contribution in [0.1, 0.15) is 359 Å². The quantitative estimate of drug-likeness (QED) is 0.0863. The summed E-state index contributed by atoms with van der Waals surface area (Å²) >= 11 is 21.2. The average Bonchev–Trinajstić information content (AvgIpc) is 1.94. The van der Waals surface area contributed by atoms with Crippen molar-refractivity contribution in [3.05, 3.63) is 181 Å². The van der Waals surface area contributed by atoms with Gasteiger partial charge in [-0.25, -0.2) is 24.3 Å². The second-order valence-electron chi connectivity index (χ2n) is 33.5. The topological polar surface area (TPSA) is 0 Å². The van der Waals surface area contributed by atoms with Gasteiger partial charge in [-0.2, -0.15) is 35.4 Å². The molecule has 0 unspecified atom stereocenters. The smallest absolute Gasteiger partial charge is 0.112 e. The van der Waals surface area contributed by atoms with E-state index in [0.717, 1.165) is 36.5 Å². The highest BCUT2D eigenvalue weighted by Crippen LogP contribution is 2.33. The van der Waals surface area contributed by atoms with Crippen molar-refractivity contribution >= 4 is 46.4 Å². The van der Waals surface area contributed by atoms with Gasteiger partial charge in [0.05, 0.1) is 0 Å². The van der Waals surface area contributed by atoms with Crippen LogP contribution >= 0.6 is 46.4 Å². The van der Waals surface area contributed by atoms with E-state index in [1.807, 2.05) is 0 Å². The molecule has 4 heteroatoms. The Morgan fingerprint density at radius 2 is 0.438 bits per heavy atom. The summed E-state index contributed by atoms with van der Waals surface area (Å²) in [7, 11) is 0. The van der Waals surface area contributed by atoms with Crippen molar-refractivity contribution in [1.29, 1.82) is 0 Å². The summed E-state index contributed by atoms with van der Waals surface area (Å²) in [5, 5.41) is 0. The molecule has 0 radical (unpaired) electrons. The minimum atomic E-state index is -0.556. The van der Waals surface area contributed by atoms with E-state index in [4.69, 9.17) is 46.4 Å². The molecule has 8 fully saturated rings. The van der Waals surface area contributed by atoms with Gasteiger partial charge in [0, 0.05) is 14.9 Å². The summed E-state index contributed by atoms with van der Waals surface area (Å²) in [6.07, 6.45) is 60.8. The maximum absolute atomic E-state index is 5.30. The number of benzene rings is 3. The van der Waals surface area contributed by atoms with E-state index in [1.54, 1.807) is 49.9 Å². The number of alkyl halides is 4. The van der Waals surface area contributed by atoms with Gasteiger partial charge in [-0.1, -0.05) is 359 Å². The molecule has 0 atom stereocenters. The van der Waals surface area contributed by atoms with E-state index >= 15 is 0 Å². The summed E-state index contributed by atoms with van der Waals surface area (Å²) in [5.74, 6) is 3.91. The van der Waals surface area contributed by atoms with Crippen LogP contribution in [0.5, 0.6) is 0 Å². The Morgan fingerprint density at radius 3 is 0.604 bits per heavy atom. The van der Waals surface area contributed by atoms with Crippen molar-refractivity contribution in [2.24, 2.45) is 34.5 Å². The van der Waals surface area contributed by atoms with Crippen LogP contribution in [0, 0.1) is 49.4 Å². The van der Waals surface area contributed by atoms with Gasteiger partial charge in [0.1, 0.15) is 8.67 Å². The second kappa shape index (κ2) is 54.0. The minimum Gasteiger partial charge on any atom is -0.213 e. The van der Waals surface area contributed by atoms with Crippen LogP contribution in [0.25, 0.3) is 0 Å². The van der Waals surface area contributed by atoms with Gasteiger partial charge >= 0.3 is 0 Å². The molecule has 0 nitrogen and oxygen atoms in total. The second-order valence-corrected chi connectivity index (χ2v) is 37.7. The Balaban J connectivity index is 0.000000559. The summed E-state index contributed by atoms with van der Waals surface area (Å²) in [6.45, 7) is 24.4. The molecule has 0 spiro atoms. The first kappa shape index (κ1) is 91.3. The first-order valence-corrected chi connectivity index (χ1v) is 40.6. The van der Waals surface area contributed by atoms with Crippen molar-refractivity contribution in [3.63, 3.8) is 0 Å². The maximum Gasteiger partial charge on any atom is 0.112 e. The lowest BCUT2D eigenvalue weighted by atomic mass is 9.93. The number of hydrogen-bond acceptors (Lipinski definition) is 0. The molecule has 5 aromatic carbocycles. The molecule has 13 rings (SSSR count). The third-order valence-corrected chi connectivity index (χ3v) is 18.3. The largest absolute Gasteiger partial charge is 0.213 e. The lowest BCUT2D eigenvalue weighted by Crippen LogP contribution is -2.02. The van der Waals surface area contributed by atoms with Gasteiger partial charge in [0.15, 0.2) is 0 Å². The predicted octanol–water partition coefficient (Wildman–Crippen LogP) is 31.8. The van der Waals surface area contributed by atoms with Crippen molar-refractivity contribution in [3.8, 4) is 0 Å². The monoisotopic (exact) mass is 1400 g/mol. The van der Waals surface area contributed by atoms with Gasteiger partial charge in [0.2, 0.25) is 0 Å². The fourth-order valence-electron chi connectivity index (χ4n) is 13.9. The van der Waals surface area contributed by atoms with Crippen LogP contribution < -0.4 is 0 Å². The van der Waals surface area contributed by atoms with Crippen molar-refractivity contribution in [2.45, 2.75) is 361 Å². The maximum atomic E-state index is 5.30. The zero-order valence-electron chi connectivity index (χ0n) is 65.1. The molecule has 0 heterocycles. The number of rotatable bonds is 12. The molecule has 0 N–H and O–H groups in total. The van der Waals surface area contributed by atoms with E-state index < -0.39 is 8.67 Å². The Morgan fingerprint density at radius 1 is 0.271 bits per heavy atom. The molecule has 0 amide bonds. The molecule has 8 aliphatic rings. The molecular weight excluding hydrogens is 1250 g/mol. The first-order chi connectivity index (χ1) is 44.7. The van der Waals surface area contributed by atoms with E-state index in [2.05, 4.69) is 177 Å². The number of halogens is 4. The van der Waals surface area contributed by atoms with Gasteiger partial charge in [-0.05, 0) is 134 Å². The van der Waals surface area contributed by atoms with Crippen LogP contribution in [0.2, 0.25) is 0 Å². The highest BCUT2D eigenvalue weighted by molar-refractivity contribution is 6.48. The zero-order chi connectivity index (χ0) is 68.8. The van der Waals surface area contributed by atoms with E-state index in [0.29, 0.717) is 10.8 Å². The Kier molecular flexibility index (Phi) is 51.4. The Bertz CT molecular complexity index is 2130. The lowest BCUT2D eigenvalue weighted by molar-refractivity contribution is 0.469. The van der Waals surface area contributed by atoms with E-state index in [1.165, 1.54) is 279 Å². The van der Waals surface area contributed by atoms with Crippen molar-refractivity contribution in [1.82, 2.24) is 0 Å². The van der Waals surface area contributed by atoms with E-state index in [9.17, 15) is 0 Å². The summed E-state index contributed by atoms with van der Waals surface area (Å²) in [5.41, 5.74) is 12.9. The lowest BCUT2D eigenvalue weighted by Gasteiger charge is -2.12. The minimum absolute atomic E-state index is 0. The van der Waals surface area contributed by atoms with Crippen LogP contribution in [-0.4, -0.2) is 8.67 Å². The Labute approximate surface area is 618 Å². The molecule has 0 aliphatic heterocycles. The van der Waals surface area contributed by atoms with Gasteiger partial charge in [-0.15, -0.1) is 46.4 Å². The molecule has 5 aromatic rings. The normalized spacial score (nSPS) is 17.7. The molecule has 546 valence electrons. The number of hydrogen-bond donors (Lipinski definition) is 0. The molecule has 96 heavy (non-hydrogen) atoms. The fraction of sp³-hybridized carbons (Fsp3) is 0.674. The van der Waals surface area contributed by atoms with Gasteiger partial charge in [-0.3, -0.25) is 0 Å². The molecule has 0 aromatic heterocycles. The van der Waals surface area contributed by atoms with E-state index in [-0.39, 0.29) is 14.9 Å². The highest BCUT2D eigenvalue weighted by atomic mass is 35.5. The Hall–Kier alpha value is -2.74. The molecule has 8 saturated carbocycles. The van der Waals surface area contributed by atoms with Crippen LogP contribution in [0.3, 0.4) is 0 Å². The fourth-order valence-corrected chi connectivity index (χ4v) is 13.9. The molecule has 0 saturated heterocycles. The van der Waals surface area contributed by atoms with Crippen LogP contribution in [-0.2, 0) is 38.5 Å². The third-order valence-electron chi connectivity index (χ3n) is 18.3. The van der Waals surface area contributed by atoms with Gasteiger partial charge < -0.3 is 0 Å². The first-order valence-electron chi connectivity index (χ1n) is 39.1. The van der Waals surface area contributed by atoms with Crippen molar-refractivity contribution < 1.29 is 0 Å². The molecule has 0 bridgehead atoms. The highest BCUT2D eigenvalue weighted by Gasteiger charge is 2.20. The zero-order valence-corrected chi connectivity index (χ0v) is 68.1. The summed E-state index contributed by atoms with van der Waals surface area (Å²) in [4.78, 5) is 0. The van der Waals surface area contributed by atoms with Gasteiger partial charge in [0.25, 0.3) is 0 Å².